The molecule has 0 N–H and O–H groups in total. The van der Waals surface area contributed by atoms with Gasteiger partial charge in [0.15, 0.2) is 0 Å². The minimum absolute atomic E-state index is 1.33. The van der Waals surface area contributed by atoms with Gasteiger partial charge < -0.3 is 0 Å². The van der Waals surface area contributed by atoms with E-state index in [1.165, 1.54) is 3.10 Å². The molecule has 0 aliphatic carbocycles. The standard InChI is InChI=1S/C4H3S.Au/c1-2-4-5-3-1;/h1-3H;. The van der Waals surface area contributed by atoms with Crippen LogP contribution < -0.4 is 3.10 Å². The third-order valence-corrected chi connectivity index (χ3v) is 2.23. The summed E-state index contributed by atoms with van der Waals surface area (Å²) in [5.74, 6) is 0. The van der Waals surface area contributed by atoms with Crippen LogP contribution in [0.3, 0.4) is 0 Å². The molecule has 0 bridgehead atoms. The topological polar surface area (TPSA) is 0 Å². The molecule has 1 aromatic rings. The van der Waals surface area contributed by atoms with E-state index in [0.29, 0.717) is 0 Å². The van der Waals surface area contributed by atoms with Crippen molar-refractivity contribution in [3.8, 4) is 0 Å². The zero-order valence-corrected chi connectivity index (χ0v) is 5.92. The zero-order chi connectivity index (χ0) is 4.41. The first-order valence-electron chi connectivity index (χ1n) is 1.55. The first kappa shape index (κ1) is 4.60. The SMILES string of the molecule is [Au][c]1cccs1. The fraction of sp³-hybridized carbons (Fsp3) is 0. The van der Waals surface area contributed by atoms with E-state index in [0.717, 1.165) is 0 Å². The molecule has 0 amide bonds. The van der Waals surface area contributed by atoms with E-state index in [1.54, 1.807) is 11.3 Å². The van der Waals surface area contributed by atoms with Crippen LogP contribution in [-0.2, 0) is 21.1 Å². The van der Waals surface area contributed by atoms with Gasteiger partial charge in [-0.25, -0.2) is 0 Å². The second-order valence-electron chi connectivity index (χ2n) is 0.879. The van der Waals surface area contributed by atoms with Crippen LogP contribution in [-0.4, -0.2) is 0 Å². The molecular weight excluding hydrogens is 277 g/mol. The summed E-state index contributed by atoms with van der Waals surface area (Å²) >= 11 is 4.21. The molecule has 0 saturated heterocycles. The monoisotopic (exact) mass is 280 g/mol. The van der Waals surface area contributed by atoms with Gasteiger partial charge in [0, 0.05) is 0 Å². The molecule has 2 heteroatoms. The fourth-order valence-electron chi connectivity index (χ4n) is 0.246. The molecule has 0 saturated carbocycles. The van der Waals surface area contributed by atoms with Crippen LogP contribution in [0.4, 0.5) is 0 Å². The molecule has 0 aliphatic rings. The quantitative estimate of drug-likeness (QED) is 0.620. The number of rotatable bonds is 0. The molecule has 0 aliphatic heterocycles. The van der Waals surface area contributed by atoms with Gasteiger partial charge in [0.2, 0.25) is 0 Å². The van der Waals surface area contributed by atoms with Crippen molar-refractivity contribution < 1.29 is 21.1 Å². The molecular formula is C4H3AuS. The second kappa shape index (κ2) is 1.94. The van der Waals surface area contributed by atoms with Crippen molar-refractivity contribution in [3.63, 3.8) is 0 Å². The van der Waals surface area contributed by atoms with Crippen molar-refractivity contribution in [1.82, 2.24) is 0 Å². The first-order valence-corrected chi connectivity index (χ1v) is 3.51. The van der Waals surface area contributed by atoms with Gasteiger partial charge in [0.05, 0.1) is 0 Å². The Morgan fingerprint density at radius 2 is 2.50 bits per heavy atom. The van der Waals surface area contributed by atoms with Crippen molar-refractivity contribution in [2.45, 2.75) is 0 Å². The Morgan fingerprint density at radius 1 is 1.67 bits per heavy atom. The molecule has 0 nitrogen and oxygen atoms in total. The van der Waals surface area contributed by atoms with E-state index in [9.17, 15) is 0 Å². The second-order valence-corrected chi connectivity index (χ2v) is 3.70. The predicted octanol–water partition coefficient (Wildman–Crippen LogP) is 0.920. The summed E-state index contributed by atoms with van der Waals surface area (Å²) in [6.07, 6.45) is 0. The minimum atomic E-state index is 1.33. The van der Waals surface area contributed by atoms with E-state index < -0.39 is 0 Å². The Morgan fingerprint density at radius 3 is 2.67 bits per heavy atom. The third-order valence-electron chi connectivity index (χ3n) is 0.465. The average Bonchev–Trinajstić information content (AvgIpc) is 1.86. The average molecular weight is 280 g/mol. The Kier molecular flexibility index (Phi) is 1.48. The summed E-state index contributed by atoms with van der Waals surface area (Å²) in [6, 6.07) is 4.12. The Labute approximate surface area is 53.1 Å². The van der Waals surface area contributed by atoms with Crippen LogP contribution in [0.25, 0.3) is 0 Å². The van der Waals surface area contributed by atoms with Crippen LogP contribution in [0, 0.1) is 0 Å². The molecule has 0 fully saturated rings. The van der Waals surface area contributed by atoms with Gasteiger partial charge in [-0.1, -0.05) is 0 Å². The summed E-state index contributed by atoms with van der Waals surface area (Å²) in [6.45, 7) is 0. The molecule has 1 heterocycles. The molecule has 0 atom stereocenters. The molecule has 1 rings (SSSR count). The fourth-order valence-corrected chi connectivity index (χ4v) is 1.33. The molecule has 0 radical (unpaired) electrons. The summed E-state index contributed by atoms with van der Waals surface area (Å²) in [4.78, 5) is 0. The van der Waals surface area contributed by atoms with Gasteiger partial charge in [-0.15, -0.1) is 0 Å². The van der Waals surface area contributed by atoms with Crippen LogP contribution in [0.1, 0.15) is 0 Å². The van der Waals surface area contributed by atoms with E-state index in [2.05, 4.69) is 32.5 Å². The van der Waals surface area contributed by atoms with E-state index in [4.69, 9.17) is 0 Å². The van der Waals surface area contributed by atoms with Gasteiger partial charge in [-0.05, 0) is 0 Å². The van der Waals surface area contributed by atoms with Crippen LogP contribution in [0.15, 0.2) is 17.5 Å². The number of hydrogen-bond acceptors (Lipinski definition) is 1. The van der Waals surface area contributed by atoms with Crippen LogP contribution in [0.2, 0.25) is 0 Å². The normalized spacial score (nSPS) is 9.00. The predicted molar refractivity (Wildman–Crippen MR) is 24.0 cm³/mol. The van der Waals surface area contributed by atoms with Gasteiger partial charge in [0.1, 0.15) is 0 Å². The van der Waals surface area contributed by atoms with Gasteiger partial charge in [0.25, 0.3) is 0 Å². The Bertz CT molecular complexity index is 111. The summed E-state index contributed by atoms with van der Waals surface area (Å²) < 4.78 is 1.33. The van der Waals surface area contributed by atoms with Gasteiger partial charge >= 0.3 is 53.0 Å². The number of hydrogen-bond donors (Lipinski definition) is 0. The maximum absolute atomic E-state index is 2.46. The van der Waals surface area contributed by atoms with Crippen molar-refractivity contribution >= 4 is 14.4 Å². The van der Waals surface area contributed by atoms with E-state index in [-0.39, 0.29) is 0 Å². The molecule has 36 valence electrons. The van der Waals surface area contributed by atoms with Crippen molar-refractivity contribution in [1.29, 1.82) is 0 Å². The molecule has 0 aromatic carbocycles. The van der Waals surface area contributed by atoms with Crippen molar-refractivity contribution in [2.24, 2.45) is 0 Å². The molecule has 1 aromatic heterocycles. The Hall–Kier alpha value is 0.440. The van der Waals surface area contributed by atoms with Crippen molar-refractivity contribution in [3.05, 3.63) is 17.5 Å². The third kappa shape index (κ3) is 0.949. The van der Waals surface area contributed by atoms with E-state index in [1.807, 2.05) is 6.07 Å². The Balaban J connectivity index is 3.05. The van der Waals surface area contributed by atoms with E-state index >= 15 is 0 Å². The summed E-state index contributed by atoms with van der Waals surface area (Å²) in [5, 5.41) is 2.06. The summed E-state index contributed by atoms with van der Waals surface area (Å²) in [5.41, 5.74) is 0. The molecule has 6 heavy (non-hydrogen) atoms. The first-order chi connectivity index (χ1) is 2.89. The van der Waals surface area contributed by atoms with Gasteiger partial charge in [-0.2, -0.15) is 0 Å². The zero-order valence-electron chi connectivity index (χ0n) is 2.94. The molecule has 0 unspecified atom stereocenters. The van der Waals surface area contributed by atoms with Gasteiger partial charge in [-0.3, -0.25) is 0 Å². The number of thiophene rings is 1. The van der Waals surface area contributed by atoms with Crippen LogP contribution >= 0.6 is 11.3 Å². The summed E-state index contributed by atoms with van der Waals surface area (Å²) in [7, 11) is 0. The van der Waals surface area contributed by atoms with Crippen molar-refractivity contribution in [2.75, 3.05) is 0 Å². The van der Waals surface area contributed by atoms with Crippen LogP contribution in [0.5, 0.6) is 0 Å². The maximum atomic E-state index is 2.46. The molecule has 0 spiro atoms.